The molecule has 6 aromatic rings. The number of thiophene rings is 1. The number of rotatable bonds is 2. The second-order valence-electron chi connectivity index (χ2n) is 9.39. The summed E-state index contributed by atoms with van der Waals surface area (Å²) in [5.74, 6) is 0. The maximum absolute atomic E-state index is 6.27. The zero-order valence-corrected chi connectivity index (χ0v) is 18.6. The molecule has 0 bridgehead atoms. The smallest absolute Gasteiger partial charge is 0.172 e. The molecule has 0 aliphatic rings. The molecule has 0 fully saturated rings. The molecule has 152 valence electrons. The van der Waals surface area contributed by atoms with Crippen molar-refractivity contribution in [2.75, 3.05) is 0 Å². The van der Waals surface area contributed by atoms with Crippen LogP contribution in [0.25, 0.3) is 53.5 Å². The van der Waals surface area contributed by atoms with E-state index in [2.05, 4.69) is 91.4 Å². The fourth-order valence-electron chi connectivity index (χ4n) is 4.38. The molecule has 4 heteroatoms. The van der Waals surface area contributed by atoms with Gasteiger partial charge in [0.25, 0.3) is 0 Å². The van der Waals surface area contributed by atoms with Gasteiger partial charge in [-0.1, -0.05) is 63.2 Å². The summed E-state index contributed by atoms with van der Waals surface area (Å²) in [5, 5.41) is 3.61. The molecule has 0 aliphatic carbocycles. The van der Waals surface area contributed by atoms with Crippen LogP contribution in [-0.4, -0.2) is 9.97 Å². The molecule has 0 radical (unpaired) electrons. The van der Waals surface area contributed by atoms with E-state index in [-0.39, 0.29) is 5.41 Å². The molecule has 0 spiro atoms. The van der Waals surface area contributed by atoms with Crippen LogP contribution in [0.3, 0.4) is 0 Å². The van der Waals surface area contributed by atoms with Crippen molar-refractivity contribution < 1.29 is 4.42 Å². The lowest BCUT2D eigenvalue weighted by atomic mass is 9.88. The van der Waals surface area contributed by atoms with Crippen molar-refractivity contribution in [3.8, 4) is 11.3 Å². The Morgan fingerprint density at radius 2 is 1.71 bits per heavy atom. The van der Waals surface area contributed by atoms with Gasteiger partial charge in [0.1, 0.15) is 17.4 Å². The molecule has 3 heterocycles. The molecule has 0 unspecified atom stereocenters. The summed E-state index contributed by atoms with van der Waals surface area (Å²) in [6.07, 6.45) is 2.68. The van der Waals surface area contributed by atoms with E-state index < -0.39 is 0 Å². The highest BCUT2D eigenvalue weighted by Gasteiger charge is 2.20. The van der Waals surface area contributed by atoms with Gasteiger partial charge in [0.2, 0.25) is 0 Å². The summed E-state index contributed by atoms with van der Waals surface area (Å²) < 4.78 is 8.51. The molecule has 0 N–H and O–H groups in total. The standard InChI is InChI=1S/C27H22N2OS/c1-27(2,3)14-16-8-11-21-20(12-16)25-24(30-21)23-26(31-25)22(28-15-29-23)19-10-9-17-6-4-5-7-18(17)13-19/h4-13,15H,14H2,1-3H3. The average molecular weight is 423 g/mol. The number of hydrogen-bond acceptors (Lipinski definition) is 4. The first kappa shape index (κ1) is 18.5. The van der Waals surface area contributed by atoms with Crippen molar-refractivity contribution in [2.24, 2.45) is 5.41 Å². The summed E-state index contributed by atoms with van der Waals surface area (Å²) >= 11 is 1.73. The maximum atomic E-state index is 6.27. The lowest BCUT2D eigenvalue weighted by Gasteiger charge is -2.17. The van der Waals surface area contributed by atoms with E-state index in [9.17, 15) is 0 Å². The third-order valence-corrected chi connectivity index (χ3v) is 6.89. The SMILES string of the molecule is CC(C)(C)Cc1ccc2oc3c4ncnc(-c5ccc6ccccc6c5)c4sc3c2c1. The summed E-state index contributed by atoms with van der Waals surface area (Å²) in [6.45, 7) is 6.81. The molecule has 0 atom stereocenters. The first-order chi connectivity index (χ1) is 15.0. The van der Waals surface area contributed by atoms with Gasteiger partial charge >= 0.3 is 0 Å². The molecule has 0 saturated carbocycles. The summed E-state index contributed by atoms with van der Waals surface area (Å²) in [5.41, 5.74) is 6.33. The van der Waals surface area contributed by atoms with E-state index in [0.717, 1.165) is 43.8 Å². The minimum Gasteiger partial charge on any atom is -0.453 e. The molecule has 3 nitrogen and oxygen atoms in total. The maximum Gasteiger partial charge on any atom is 0.172 e. The van der Waals surface area contributed by atoms with Gasteiger partial charge < -0.3 is 4.42 Å². The van der Waals surface area contributed by atoms with E-state index in [1.54, 1.807) is 17.7 Å². The van der Waals surface area contributed by atoms with Crippen LogP contribution >= 0.6 is 11.3 Å². The topological polar surface area (TPSA) is 38.9 Å². The van der Waals surface area contributed by atoms with Gasteiger partial charge in [-0.3, -0.25) is 0 Å². The van der Waals surface area contributed by atoms with Crippen LogP contribution in [0.1, 0.15) is 26.3 Å². The second-order valence-corrected chi connectivity index (χ2v) is 10.4. The van der Waals surface area contributed by atoms with Crippen LogP contribution in [0.2, 0.25) is 0 Å². The van der Waals surface area contributed by atoms with E-state index in [0.29, 0.717) is 0 Å². The Morgan fingerprint density at radius 3 is 2.55 bits per heavy atom. The van der Waals surface area contributed by atoms with Crippen molar-refractivity contribution in [3.63, 3.8) is 0 Å². The van der Waals surface area contributed by atoms with Gasteiger partial charge in [-0.15, -0.1) is 11.3 Å². The molecule has 0 amide bonds. The number of nitrogens with zero attached hydrogens (tertiary/aromatic N) is 2. The average Bonchev–Trinajstić information content (AvgIpc) is 3.28. The van der Waals surface area contributed by atoms with Gasteiger partial charge in [-0.2, -0.15) is 0 Å². The monoisotopic (exact) mass is 422 g/mol. The number of hydrogen-bond donors (Lipinski definition) is 0. The first-order valence-electron chi connectivity index (χ1n) is 10.5. The highest BCUT2D eigenvalue weighted by atomic mass is 32.1. The van der Waals surface area contributed by atoms with Gasteiger partial charge in [-0.25, -0.2) is 9.97 Å². The zero-order valence-electron chi connectivity index (χ0n) is 17.8. The summed E-state index contributed by atoms with van der Waals surface area (Å²) in [7, 11) is 0. The van der Waals surface area contributed by atoms with Crippen molar-refractivity contribution in [3.05, 3.63) is 72.6 Å². The molecule has 3 aromatic heterocycles. The van der Waals surface area contributed by atoms with E-state index >= 15 is 0 Å². The third kappa shape index (κ3) is 3.10. The Balaban J connectivity index is 1.57. The van der Waals surface area contributed by atoms with Crippen LogP contribution < -0.4 is 0 Å². The molecule has 31 heavy (non-hydrogen) atoms. The minimum atomic E-state index is 0.241. The van der Waals surface area contributed by atoms with Crippen molar-refractivity contribution in [1.29, 1.82) is 0 Å². The third-order valence-electron chi connectivity index (χ3n) is 5.69. The van der Waals surface area contributed by atoms with Crippen molar-refractivity contribution in [2.45, 2.75) is 27.2 Å². The van der Waals surface area contributed by atoms with Crippen molar-refractivity contribution >= 4 is 53.6 Å². The number of benzene rings is 3. The molecular formula is C27H22N2OS. The lowest BCUT2D eigenvalue weighted by Crippen LogP contribution is -2.08. The number of aromatic nitrogens is 2. The highest BCUT2D eigenvalue weighted by Crippen LogP contribution is 2.43. The largest absolute Gasteiger partial charge is 0.453 e. The Hall–Kier alpha value is -3.24. The molecule has 0 aliphatic heterocycles. The molecule has 6 rings (SSSR count). The van der Waals surface area contributed by atoms with Crippen LogP contribution in [0.15, 0.2) is 71.4 Å². The Bertz CT molecular complexity index is 1600. The van der Waals surface area contributed by atoms with Crippen LogP contribution in [-0.2, 0) is 6.42 Å². The normalized spacial score (nSPS) is 12.5. The predicted octanol–water partition coefficient (Wildman–Crippen LogP) is 8.00. The Labute approximate surface area is 184 Å². The Morgan fingerprint density at radius 1 is 0.871 bits per heavy atom. The molecule has 3 aromatic carbocycles. The van der Waals surface area contributed by atoms with Gasteiger partial charge in [0, 0.05) is 10.9 Å². The molecule has 0 saturated heterocycles. The second kappa shape index (κ2) is 6.63. The fourth-order valence-corrected chi connectivity index (χ4v) is 5.59. The van der Waals surface area contributed by atoms with E-state index in [1.807, 2.05) is 0 Å². The van der Waals surface area contributed by atoms with Gasteiger partial charge in [0.15, 0.2) is 5.58 Å². The highest BCUT2D eigenvalue weighted by molar-refractivity contribution is 7.27. The van der Waals surface area contributed by atoms with Crippen molar-refractivity contribution in [1.82, 2.24) is 9.97 Å². The lowest BCUT2D eigenvalue weighted by molar-refractivity contribution is 0.411. The minimum absolute atomic E-state index is 0.241. The first-order valence-corrected chi connectivity index (χ1v) is 11.4. The van der Waals surface area contributed by atoms with Crippen LogP contribution in [0, 0.1) is 5.41 Å². The van der Waals surface area contributed by atoms with Crippen LogP contribution in [0.4, 0.5) is 0 Å². The number of fused-ring (bicyclic) bond motifs is 6. The number of furan rings is 1. The summed E-state index contributed by atoms with van der Waals surface area (Å²) in [6, 6.07) is 21.5. The predicted molar refractivity (Wildman–Crippen MR) is 131 cm³/mol. The Kier molecular flexibility index (Phi) is 3.96. The zero-order chi connectivity index (χ0) is 21.2. The van der Waals surface area contributed by atoms with E-state index in [4.69, 9.17) is 4.42 Å². The van der Waals surface area contributed by atoms with E-state index in [1.165, 1.54) is 21.7 Å². The van der Waals surface area contributed by atoms with Gasteiger partial charge in [0.05, 0.1) is 15.1 Å². The fraction of sp³-hybridized carbons (Fsp3) is 0.185. The molecular weight excluding hydrogens is 400 g/mol. The van der Waals surface area contributed by atoms with Crippen LogP contribution in [0.5, 0.6) is 0 Å². The van der Waals surface area contributed by atoms with Gasteiger partial charge in [-0.05, 0) is 46.4 Å². The quantitative estimate of drug-likeness (QED) is 0.284. The summed E-state index contributed by atoms with van der Waals surface area (Å²) in [4.78, 5) is 9.26.